The van der Waals surface area contributed by atoms with Crippen LogP contribution in [0.2, 0.25) is 5.02 Å². The molecule has 0 spiro atoms. The van der Waals surface area contributed by atoms with Crippen molar-refractivity contribution in [2.75, 3.05) is 0 Å². The highest BCUT2D eigenvalue weighted by Crippen LogP contribution is 2.36. The summed E-state index contributed by atoms with van der Waals surface area (Å²) in [6.45, 7) is 5.47. The zero-order valence-electron chi connectivity index (χ0n) is 14.4. The van der Waals surface area contributed by atoms with Gasteiger partial charge in [0.15, 0.2) is 5.82 Å². The normalized spacial score (nSPS) is 15.9. The van der Waals surface area contributed by atoms with Crippen LogP contribution < -0.4 is 0 Å². The molecule has 0 radical (unpaired) electrons. The first-order valence-corrected chi connectivity index (χ1v) is 8.52. The van der Waals surface area contributed by atoms with Crippen molar-refractivity contribution in [1.29, 1.82) is 0 Å². The lowest BCUT2D eigenvalue weighted by molar-refractivity contribution is 0.578. The van der Waals surface area contributed by atoms with E-state index in [9.17, 15) is 8.78 Å². The molecule has 0 saturated carbocycles. The zero-order valence-corrected chi connectivity index (χ0v) is 15.1. The second-order valence-electron chi connectivity index (χ2n) is 6.28. The lowest BCUT2D eigenvalue weighted by Crippen LogP contribution is -2.13. The summed E-state index contributed by atoms with van der Waals surface area (Å²) in [4.78, 5) is 4.59. The van der Waals surface area contributed by atoms with E-state index in [2.05, 4.69) is 15.2 Å². The van der Waals surface area contributed by atoms with Crippen LogP contribution in [-0.4, -0.2) is 20.5 Å². The molecule has 0 saturated heterocycles. The summed E-state index contributed by atoms with van der Waals surface area (Å²) >= 11 is 6.59. The number of aryl methyl sites for hydroxylation is 2. The molecule has 3 aromatic rings. The van der Waals surface area contributed by atoms with Crippen LogP contribution in [0, 0.1) is 25.5 Å². The van der Waals surface area contributed by atoms with E-state index in [0.717, 1.165) is 5.56 Å². The fourth-order valence-corrected chi connectivity index (χ4v) is 3.51. The van der Waals surface area contributed by atoms with Crippen molar-refractivity contribution in [3.05, 3.63) is 75.3 Å². The molecule has 0 aliphatic carbocycles. The topological polar surface area (TPSA) is 43.1 Å². The van der Waals surface area contributed by atoms with E-state index < -0.39 is 17.7 Å². The number of aliphatic imine (C=N–C) groups is 1. The largest absolute Gasteiger partial charge is 0.281 e. The number of hydrogen-bond donors (Lipinski definition) is 0. The fraction of sp³-hybridized carbons (Fsp3) is 0.211. The van der Waals surface area contributed by atoms with Gasteiger partial charge in [-0.2, -0.15) is 0 Å². The fourth-order valence-electron chi connectivity index (χ4n) is 3.26. The maximum atomic E-state index is 14.6. The van der Waals surface area contributed by atoms with E-state index in [1.807, 2.05) is 37.5 Å². The highest BCUT2D eigenvalue weighted by atomic mass is 35.5. The molecule has 4 rings (SSSR count). The molecule has 2 heterocycles. The van der Waals surface area contributed by atoms with Crippen LogP contribution in [0.5, 0.6) is 0 Å². The molecule has 4 nitrogen and oxygen atoms in total. The molecular weight excluding hydrogens is 358 g/mol. The first-order valence-electron chi connectivity index (χ1n) is 8.14. The summed E-state index contributed by atoms with van der Waals surface area (Å²) < 4.78 is 30.9. The van der Waals surface area contributed by atoms with Gasteiger partial charge in [-0.25, -0.2) is 8.78 Å². The number of halogens is 3. The van der Waals surface area contributed by atoms with Crippen LogP contribution >= 0.6 is 11.6 Å². The molecule has 0 fully saturated rings. The first kappa shape index (κ1) is 16.8. The van der Waals surface area contributed by atoms with E-state index in [-0.39, 0.29) is 11.3 Å². The Morgan fingerprint density at radius 1 is 1.00 bits per heavy atom. The number of rotatable bonds is 1. The van der Waals surface area contributed by atoms with Crippen molar-refractivity contribution in [1.82, 2.24) is 14.8 Å². The standard InChI is InChI=1S/C19H15ClF2N4/c1-9-7-8-14-16(17(9)20)18(15-12(21)5-4-6-13(15)22)23-10(2)19-25-24-11(3)26(14)19/h4-8,10H,1-3H3/t10-/m0/s1. The summed E-state index contributed by atoms with van der Waals surface area (Å²) in [5, 5.41) is 8.72. The summed E-state index contributed by atoms with van der Waals surface area (Å²) in [6.07, 6.45) is 0. The Labute approximate surface area is 154 Å². The van der Waals surface area contributed by atoms with E-state index in [1.165, 1.54) is 18.2 Å². The van der Waals surface area contributed by atoms with Crippen molar-refractivity contribution < 1.29 is 8.78 Å². The lowest BCUT2D eigenvalue weighted by atomic mass is 9.97. The predicted molar refractivity (Wildman–Crippen MR) is 96.3 cm³/mol. The van der Waals surface area contributed by atoms with Crippen LogP contribution in [0.25, 0.3) is 5.69 Å². The Kier molecular flexibility index (Phi) is 3.88. The maximum absolute atomic E-state index is 14.6. The van der Waals surface area contributed by atoms with E-state index >= 15 is 0 Å². The summed E-state index contributed by atoms with van der Waals surface area (Å²) in [5.41, 5.74) is 1.91. The van der Waals surface area contributed by atoms with Gasteiger partial charge in [-0.3, -0.25) is 9.56 Å². The summed E-state index contributed by atoms with van der Waals surface area (Å²) in [7, 11) is 0. The van der Waals surface area contributed by atoms with Gasteiger partial charge in [0.2, 0.25) is 0 Å². The van der Waals surface area contributed by atoms with Crippen molar-refractivity contribution in [3.8, 4) is 5.69 Å². The smallest absolute Gasteiger partial charge is 0.162 e. The molecule has 1 aliphatic heterocycles. The monoisotopic (exact) mass is 372 g/mol. The van der Waals surface area contributed by atoms with Crippen LogP contribution in [0.4, 0.5) is 8.78 Å². The molecule has 0 bridgehead atoms. The first-order chi connectivity index (χ1) is 12.4. The second kappa shape index (κ2) is 5.99. The van der Waals surface area contributed by atoms with E-state index in [4.69, 9.17) is 11.6 Å². The lowest BCUT2D eigenvalue weighted by Gasteiger charge is -2.16. The Morgan fingerprint density at radius 2 is 1.69 bits per heavy atom. The van der Waals surface area contributed by atoms with E-state index in [1.54, 1.807) is 0 Å². The van der Waals surface area contributed by atoms with Crippen LogP contribution in [-0.2, 0) is 0 Å². The van der Waals surface area contributed by atoms with Gasteiger partial charge in [0, 0.05) is 5.56 Å². The molecule has 7 heteroatoms. The number of benzene rings is 2. The number of nitrogens with zero attached hydrogens (tertiary/aromatic N) is 4. The van der Waals surface area contributed by atoms with Crippen LogP contribution in [0.3, 0.4) is 0 Å². The average Bonchev–Trinajstić information content (AvgIpc) is 2.92. The second-order valence-corrected chi connectivity index (χ2v) is 6.66. The van der Waals surface area contributed by atoms with Crippen molar-refractivity contribution in [3.63, 3.8) is 0 Å². The SMILES string of the molecule is Cc1ccc2c(c1Cl)C(c1c(F)cccc1F)=N[C@@H](C)c1nnc(C)n1-2. The predicted octanol–water partition coefficient (Wildman–Crippen LogP) is 4.73. The maximum Gasteiger partial charge on any atom is 0.162 e. The molecule has 0 N–H and O–H groups in total. The summed E-state index contributed by atoms with van der Waals surface area (Å²) in [5.74, 6) is -0.128. The molecule has 2 aromatic carbocycles. The van der Waals surface area contributed by atoms with Crippen molar-refractivity contribution in [2.24, 2.45) is 4.99 Å². The van der Waals surface area contributed by atoms with Gasteiger partial charge < -0.3 is 0 Å². The molecule has 1 atom stereocenters. The van der Waals surface area contributed by atoms with Crippen molar-refractivity contribution in [2.45, 2.75) is 26.8 Å². The van der Waals surface area contributed by atoms with E-state index in [0.29, 0.717) is 27.9 Å². The number of fused-ring (bicyclic) bond motifs is 3. The van der Waals surface area contributed by atoms with Gasteiger partial charge in [-0.1, -0.05) is 23.7 Å². The van der Waals surface area contributed by atoms with Crippen LogP contribution in [0.15, 0.2) is 35.3 Å². The highest BCUT2D eigenvalue weighted by molar-refractivity contribution is 6.37. The molecule has 0 amide bonds. The highest BCUT2D eigenvalue weighted by Gasteiger charge is 2.30. The van der Waals surface area contributed by atoms with Crippen molar-refractivity contribution >= 4 is 17.3 Å². The molecule has 1 aliphatic rings. The Morgan fingerprint density at radius 3 is 2.38 bits per heavy atom. The van der Waals surface area contributed by atoms with Gasteiger partial charge in [-0.05, 0) is 44.5 Å². The van der Waals surface area contributed by atoms with Gasteiger partial charge in [0.05, 0.1) is 22.0 Å². The van der Waals surface area contributed by atoms with Gasteiger partial charge >= 0.3 is 0 Å². The molecule has 0 unspecified atom stereocenters. The Hall–Kier alpha value is -2.60. The van der Waals surface area contributed by atoms with Gasteiger partial charge in [0.25, 0.3) is 0 Å². The van der Waals surface area contributed by atoms with Gasteiger partial charge in [0.1, 0.15) is 23.5 Å². The van der Waals surface area contributed by atoms with Gasteiger partial charge in [-0.15, -0.1) is 10.2 Å². The zero-order chi connectivity index (χ0) is 18.6. The minimum atomic E-state index is -0.686. The minimum absolute atomic E-state index is 0.182. The third kappa shape index (κ3) is 2.36. The molecule has 132 valence electrons. The van der Waals surface area contributed by atoms with Crippen LogP contribution in [0.1, 0.15) is 41.3 Å². The molecule has 26 heavy (non-hydrogen) atoms. The quantitative estimate of drug-likeness (QED) is 0.620. The minimum Gasteiger partial charge on any atom is -0.281 e. The third-order valence-electron chi connectivity index (χ3n) is 4.54. The Bertz CT molecular complexity index is 1050. The Balaban J connectivity index is 2.14. The molecular formula is C19H15ClF2N4. The summed E-state index contributed by atoms with van der Waals surface area (Å²) in [6, 6.07) is 7.01. The molecule has 1 aromatic heterocycles. The number of hydrogen-bond acceptors (Lipinski definition) is 3. The third-order valence-corrected chi connectivity index (χ3v) is 5.02. The number of aromatic nitrogens is 3. The average molecular weight is 373 g/mol.